The SMILES string of the molecule is O=C(NCc1ccnc(OC(F)F)c1)NCC(C(F)(F)F)C(F)(F)F. The number of nitrogens with zero attached hydrogens (tertiary/aromatic N) is 1. The fourth-order valence-electron chi connectivity index (χ4n) is 1.57. The van der Waals surface area contributed by atoms with E-state index in [4.69, 9.17) is 0 Å². The highest BCUT2D eigenvalue weighted by atomic mass is 19.4. The van der Waals surface area contributed by atoms with Gasteiger partial charge in [-0.25, -0.2) is 9.78 Å². The van der Waals surface area contributed by atoms with Gasteiger partial charge in [0.15, 0.2) is 5.92 Å². The minimum atomic E-state index is -5.57. The number of pyridine rings is 1. The molecule has 25 heavy (non-hydrogen) atoms. The van der Waals surface area contributed by atoms with Crippen LogP contribution in [0.25, 0.3) is 0 Å². The van der Waals surface area contributed by atoms with E-state index >= 15 is 0 Å². The molecular weight excluding hydrogens is 370 g/mol. The standard InChI is InChI=1S/C12H11F8N3O2/c13-9(14)25-8-3-6(1-2-21-8)4-22-10(24)23-5-7(11(15,16)17)12(18,19)20/h1-3,7,9H,4-5H2,(H2,22,23,24). The Morgan fingerprint density at radius 3 is 2.24 bits per heavy atom. The highest BCUT2D eigenvalue weighted by molar-refractivity contribution is 5.73. The smallest absolute Gasteiger partial charge is 0.402 e. The average molecular weight is 381 g/mol. The van der Waals surface area contributed by atoms with Crippen molar-refractivity contribution in [3.05, 3.63) is 23.9 Å². The van der Waals surface area contributed by atoms with Crippen molar-refractivity contribution in [1.82, 2.24) is 15.6 Å². The highest BCUT2D eigenvalue weighted by Gasteiger charge is 2.56. The lowest BCUT2D eigenvalue weighted by atomic mass is 10.1. The van der Waals surface area contributed by atoms with E-state index in [2.05, 4.69) is 9.72 Å². The third kappa shape index (κ3) is 7.39. The van der Waals surface area contributed by atoms with Gasteiger partial charge in [-0.3, -0.25) is 0 Å². The lowest BCUT2D eigenvalue weighted by Gasteiger charge is -2.23. The molecule has 0 aliphatic heterocycles. The molecule has 0 radical (unpaired) electrons. The molecule has 0 spiro atoms. The first-order valence-electron chi connectivity index (χ1n) is 6.44. The molecule has 1 heterocycles. The third-order valence-corrected chi connectivity index (χ3v) is 2.72. The predicted octanol–water partition coefficient (Wildman–Crippen LogP) is 3.22. The number of ether oxygens (including phenoxy) is 1. The van der Waals surface area contributed by atoms with Crippen molar-refractivity contribution >= 4 is 6.03 Å². The summed E-state index contributed by atoms with van der Waals surface area (Å²) in [6, 6.07) is 0.986. The molecule has 1 rings (SSSR count). The minimum Gasteiger partial charge on any atom is -0.417 e. The van der Waals surface area contributed by atoms with Crippen molar-refractivity contribution in [2.45, 2.75) is 25.5 Å². The number of carbonyl (C=O) groups is 1. The normalized spacial score (nSPS) is 12.4. The van der Waals surface area contributed by atoms with E-state index in [1.54, 1.807) is 0 Å². The number of amides is 2. The second-order valence-corrected chi connectivity index (χ2v) is 4.58. The van der Waals surface area contributed by atoms with Gasteiger partial charge in [0.05, 0.1) is 0 Å². The molecule has 2 N–H and O–H groups in total. The van der Waals surface area contributed by atoms with Gasteiger partial charge >= 0.3 is 25.0 Å². The Balaban J connectivity index is 2.55. The van der Waals surface area contributed by atoms with Gasteiger partial charge in [0.1, 0.15) is 0 Å². The van der Waals surface area contributed by atoms with E-state index in [0.717, 1.165) is 12.3 Å². The van der Waals surface area contributed by atoms with Gasteiger partial charge in [0.25, 0.3) is 0 Å². The fourth-order valence-corrected chi connectivity index (χ4v) is 1.57. The maximum atomic E-state index is 12.3. The summed E-state index contributed by atoms with van der Waals surface area (Å²) in [7, 11) is 0. The zero-order chi connectivity index (χ0) is 19.3. The second kappa shape index (κ2) is 8.16. The van der Waals surface area contributed by atoms with Crippen LogP contribution >= 0.6 is 0 Å². The van der Waals surface area contributed by atoms with Gasteiger partial charge < -0.3 is 15.4 Å². The summed E-state index contributed by atoms with van der Waals surface area (Å²) < 4.78 is 102. The molecule has 13 heteroatoms. The quantitative estimate of drug-likeness (QED) is 0.744. The van der Waals surface area contributed by atoms with Crippen LogP contribution in [0.2, 0.25) is 0 Å². The van der Waals surface area contributed by atoms with Crippen molar-refractivity contribution in [3.63, 3.8) is 0 Å². The summed E-state index contributed by atoms with van der Waals surface area (Å²) in [6.07, 6.45) is -10.1. The van der Waals surface area contributed by atoms with Crippen LogP contribution in [0.3, 0.4) is 0 Å². The van der Waals surface area contributed by atoms with Gasteiger partial charge in [0.2, 0.25) is 5.88 Å². The second-order valence-electron chi connectivity index (χ2n) is 4.58. The Morgan fingerprint density at radius 2 is 1.72 bits per heavy atom. The largest absolute Gasteiger partial charge is 0.417 e. The molecule has 0 aromatic carbocycles. The number of nitrogens with one attached hydrogen (secondary N) is 2. The summed E-state index contributed by atoms with van der Waals surface area (Å²) >= 11 is 0. The maximum Gasteiger partial charge on any atom is 0.402 e. The van der Waals surface area contributed by atoms with E-state index < -0.39 is 43.3 Å². The molecule has 1 aromatic rings. The van der Waals surface area contributed by atoms with Gasteiger partial charge in [-0.05, 0) is 11.6 Å². The number of carbonyl (C=O) groups excluding carboxylic acids is 1. The first kappa shape index (κ1) is 20.7. The van der Waals surface area contributed by atoms with Gasteiger partial charge in [-0.2, -0.15) is 35.1 Å². The number of rotatable bonds is 6. The van der Waals surface area contributed by atoms with Crippen molar-refractivity contribution in [3.8, 4) is 5.88 Å². The first-order valence-corrected chi connectivity index (χ1v) is 6.44. The molecule has 5 nitrogen and oxygen atoms in total. The van der Waals surface area contributed by atoms with Gasteiger partial charge in [0, 0.05) is 25.4 Å². The van der Waals surface area contributed by atoms with Crippen LogP contribution in [0.5, 0.6) is 5.88 Å². The molecule has 0 bridgehead atoms. The molecule has 0 aliphatic carbocycles. The van der Waals surface area contributed by atoms with Crippen LogP contribution in [0.15, 0.2) is 18.3 Å². The Bertz CT molecular complexity index is 562. The Hall–Kier alpha value is -2.34. The Morgan fingerprint density at radius 1 is 1.12 bits per heavy atom. The molecule has 0 aliphatic rings. The van der Waals surface area contributed by atoms with Crippen LogP contribution in [-0.4, -0.2) is 36.5 Å². The van der Waals surface area contributed by atoms with Crippen molar-refractivity contribution in [1.29, 1.82) is 0 Å². The van der Waals surface area contributed by atoms with Crippen LogP contribution in [-0.2, 0) is 6.54 Å². The van der Waals surface area contributed by atoms with E-state index in [0.29, 0.717) is 0 Å². The number of hydrogen-bond acceptors (Lipinski definition) is 3. The zero-order valence-corrected chi connectivity index (χ0v) is 12.1. The fraction of sp³-hybridized carbons (Fsp3) is 0.500. The molecule has 0 saturated heterocycles. The van der Waals surface area contributed by atoms with Gasteiger partial charge in [-0.15, -0.1) is 0 Å². The van der Waals surface area contributed by atoms with Crippen LogP contribution in [0.1, 0.15) is 5.56 Å². The number of aromatic nitrogens is 1. The number of urea groups is 1. The van der Waals surface area contributed by atoms with Crippen LogP contribution in [0.4, 0.5) is 39.9 Å². The number of alkyl halides is 8. The van der Waals surface area contributed by atoms with Crippen molar-refractivity contribution in [2.24, 2.45) is 5.92 Å². The molecule has 1 aromatic heterocycles. The molecule has 0 atom stereocenters. The van der Waals surface area contributed by atoms with Crippen molar-refractivity contribution in [2.75, 3.05) is 6.54 Å². The van der Waals surface area contributed by atoms with E-state index in [1.165, 1.54) is 11.4 Å². The Kier molecular flexibility index (Phi) is 6.76. The summed E-state index contributed by atoms with van der Waals surface area (Å²) in [5, 5.41) is 3.44. The van der Waals surface area contributed by atoms with E-state index in [9.17, 15) is 39.9 Å². The van der Waals surface area contributed by atoms with Crippen LogP contribution < -0.4 is 15.4 Å². The predicted molar refractivity (Wildman–Crippen MR) is 66.7 cm³/mol. The minimum absolute atomic E-state index is 0.184. The zero-order valence-electron chi connectivity index (χ0n) is 12.1. The lowest BCUT2D eigenvalue weighted by molar-refractivity contribution is -0.281. The highest BCUT2D eigenvalue weighted by Crippen LogP contribution is 2.38. The summed E-state index contributed by atoms with van der Waals surface area (Å²) in [5.74, 6) is -4.18. The monoisotopic (exact) mass is 381 g/mol. The Labute approximate surface area is 135 Å². The van der Waals surface area contributed by atoms with Crippen molar-refractivity contribution < 1.29 is 44.7 Å². The summed E-state index contributed by atoms with van der Waals surface area (Å²) in [4.78, 5) is 14.8. The molecule has 0 unspecified atom stereocenters. The average Bonchev–Trinajstić information content (AvgIpc) is 2.42. The lowest BCUT2D eigenvalue weighted by Crippen LogP contribution is -2.47. The number of hydrogen-bond donors (Lipinski definition) is 2. The maximum absolute atomic E-state index is 12.3. The summed E-state index contributed by atoms with van der Waals surface area (Å²) in [6.45, 7) is -5.20. The molecule has 0 saturated carbocycles. The molecule has 142 valence electrons. The molecular formula is C12H11F8N3O2. The number of halogens is 8. The third-order valence-electron chi connectivity index (χ3n) is 2.72. The van der Waals surface area contributed by atoms with E-state index in [1.807, 2.05) is 5.32 Å². The summed E-state index contributed by atoms with van der Waals surface area (Å²) in [5.41, 5.74) is 0.184. The molecule has 0 fully saturated rings. The van der Waals surface area contributed by atoms with E-state index in [-0.39, 0.29) is 12.1 Å². The van der Waals surface area contributed by atoms with Gasteiger partial charge in [-0.1, -0.05) is 0 Å². The van der Waals surface area contributed by atoms with Crippen LogP contribution in [0, 0.1) is 5.92 Å². The topological polar surface area (TPSA) is 63.2 Å². The first-order chi connectivity index (χ1) is 11.4. The molecule has 2 amide bonds.